The molecule has 1 aromatic heterocycles. The second-order valence-corrected chi connectivity index (χ2v) is 6.15. The van der Waals surface area contributed by atoms with Crippen molar-refractivity contribution in [2.75, 3.05) is 0 Å². The van der Waals surface area contributed by atoms with Crippen LogP contribution >= 0.6 is 11.6 Å². The second kappa shape index (κ2) is 5.22. The number of aromatic nitrogens is 2. The maximum Gasteiger partial charge on any atom is 0.391 e. The summed E-state index contributed by atoms with van der Waals surface area (Å²) >= 11 is 6.05. The Balaban J connectivity index is 2.38. The van der Waals surface area contributed by atoms with E-state index in [0.717, 1.165) is 0 Å². The van der Waals surface area contributed by atoms with Crippen LogP contribution in [0.4, 0.5) is 13.2 Å². The van der Waals surface area contributed by atoms with Crippen LogP contribution in [-0.4, -0.2) is 21.1 Å². The first-order valence-corrected chi connectivity index (χ1v) is 7.05. The van der Waals surface area contributed by atoms with E-state index in [9.17, 15) is 18.3 Å². The van der Waals surface area contributed by atoms with Gasteiger partial charge in [0.1, 0.15) is 5.60 Å². The maximum absolute atomic E-state index is 12.9. The highest BCUT2D eigenvalue weighted by Crippen LogP contribution is 2.47. The Morgan fingerprint density at radius 1 is 1.50 bits per heavy atom. The van der Waals surface area contributed by atoms with Crippen LogP contribution in [0.25, 0.3) is 0 Å². The molecule has 0 saturated heterocycles. The summed E-state index contributed by atoms with van der Waals surface area (Å²) in [5.41, 5.74) is -1.25. The summed E-state index contributed by atoms with van der Waals surface area (Å²) < 4.78 is 40.3. The van der Waals surface area contributed by atoms with Gasteiger partial charge in [0.2, 0.25) is 0 Å². The van der Waals surface area contributed by atoms with Gasteiger partial charge in [-0.2, -0.15) is 18.3 Å². The predicted octanol–water partition coefficient (Wildman–Crippen LogP) is 4.06. The van der Waals surface area contributed by atoms with Crippen molar-refractivity contribution >= 4 is 11.6 Å². The number of alkyl halides is 3. The molecule has 0 spiro atoms. The van der Waals surface area contributed by atoms with Crippen molar-refractivity contribution in [2.45, 2.75) is 57.3 Å². The average Bonchev–Trinajstić information content (AvgIpc) is 2.71. The van der Waals surface area contributed by atoms with E-state index in [1.807, 2.05) is 13.8 Å². The first-order valence-electron chi connectivity index (χ1n) is 6.68. The Hall–Kier alpha value is -0.750. The van der Waals surface area contributed by atoms with Crippen LogP contribution in [0.15, 0.2) is 6.20 Å². The molecule has 0 amide bonds. The Morgan fingerprint density at radius 2 is 2.15 bits per heavy atom. The van der Waals surface area contributed by atoms with Gasteiger partial charge in [0.05, 0.1) is 22.8 Å². The minimum Gasteiger partial charge on any atom is -0.383 e. The summed E-state index contributed by atoms with van der Waals surface area (Å²) in [6, 6.07) is -0.0761. The molecule has 7 heteroatoms. The van der Waals surface area contributed by atoms with Crippen LogP contribution in [0.5, 0.6) is 0 Å². The lowest BCUT2D eigenvalue weighted by Crippen LogP contribution is -2.40. The van der Waals surface area contributed by atoms with E-state index < -0.39 is 17.7 Å². The van der Waals surface area contributed by atoms with E-state index in [1.54, 1.807) is 0 Å². The molecule has 3 nitrogen and oxygen atoms in total. The average molecular weight is 311 g/mol. The molecular weight excluding hydrogens is 293 g/mol. The quantitative estimate of drug-likeness (QED) is 0.894. The summed E-state index contributed by atoms with van der Waals surface area (Å²) in [5, 5.41) is 15.0. The number of halogens is 4. The molecule has 1 aliphatic rings. The summed E-state index contributed by atoms with van der Waals surface area (Å²) in [5.74, 6) is -1.49. The van der Waals surface area contributed by atoms with Gasteiger partial charge in [-0.1, -0.05) is 11.6 Å². The first-order chi connectivity index (χ1) is 9.15. The zero-order valence-corrected chi connectivity index (χ0v) is 12.2. The molecule has 2 unspecified atom stereocenters. The van der Waals surface area contributed by atoms with Crippen LogP contribution in [-0.2, 0) is 5.60 Å². The van der Waals surface area contributed by atoms with Crippen molar-refractivity contribution in [3.63, 3.8) is 0 Å². The van der Waals surface area contributed by atoms with Gasteiger partial charge in [-0.3, -0.25) is 4.68 Å². The maximum atomic E-state index is 12.9. The highest BCUT2D eigenvalue weighted by Gasteiger charge is 2.49. The zero-order chi connectivity index (χ0) is 15.1. The van der Waals surface area contributed by atoms with Crippen molar-refractivity contribution in [1.82, 2.24) is 9.78 Å². The lowest BCUT2D eigenvalue weighted by atomic mass is 9.76. The number of rotatable bonds is 2. The first kappa shape index (κ1) is 15.6. The smallest absolute Gasteiger partial charge is 0.383 e. The lowest BCUT2D eigenvalue weighted by Gasteiger charge is -2.38. The normalized spacial score (nSPS) is 28.1. The van der Waals surface area contributed by atoms with E-state index >= 15 is 0 Å². The molecule has 0 bridgehead atoms. The minimum absolute atomic E-state index is 0.0548. The van der Waals surface area contributed by atoms with Crippen LogP contribution in [0.3, 0.4) is 0 Å². The van der Waals surface area contributed by atoms with Crippen LogP contribution in [0.2, 0.25) is 5.02 Å². The van der Waals surface area contributed by atoms with Crippen LogP contribution in [0.1, 0.15) is 51.3 Å². The van der Waals surface area contributed by atoms with Crippen molar-refractivity contribution in [1.29, 1.82) is 0 Å². The SMILES string of the molecule is CC(C)n1ncc(Cl)c1C1(O)CCCC(C(F)(F)F)C1. The monoisotopic (exact) mass is 310 g/mol. The number of hydrogen-bond donors (Lipinski definition) is 1. The van der Waals surface area contributed by atoms with E-state index in [2.05, 4.69) is 5.10 Å². The van der Waals surface area contributed by atoms with Gasteiger partial charge < -0.3 is 5.11 Å². The van der Waals surface area contributed by atoms with E-state index in [1.165, 1.54) is 10.9 Å². The van der Waals surface area contributed by atoms with Gasteiger partial charge >= 0.3 is 6.18 Å². The number of aliphatic hydroxyl groups is 1. The van der Waals surface area contributed by atoms with E-state index in [-0.39, 0.29) is 30.3 Å². The topological polar surface area (TPSA) is 38.0 Å². The van der Waals surface area contributed by atoms with Gasteiger partial charge in [0.15, 0.2) is 0 Å². The Labute approximate surface area is 120 Å². The number of hydrogen-bond acceptors (Lipinski definition) is 2. The molecule has 1 N–H and O–H groups in total. The molecule has 1 heterocycles. The highest BCUT2D eigenvalue weighted by atomic mass is 35.5. The van der Waals surface area contributed by atoms with Crippen LogP contribution in [0, 0.1) is 5.92 Å². The Kier molecular flexibility index (Phi) is 4.08. The summed E-state index contributed by atoms with van der Waals surface area (Å²) in [7, 11) is 0. The third-order valence-electron chi connectivity index (χ3n) is 3.87. The zero-order valence-electron chi connectivity index (χ0n) is 11.4. The fraction of sp³-hybridized carbons (Fsp3) is 0.769. The molecule has 114 valence electrons. The molecule has 1 aliphatic carbocycles. The second-order valence-electron chi connectivity index (χ2n) is 5.75. The molecule has 1 aromatic rings. The van der Waals surface area contributed by atoms with E-state index in [0.29, 0.717) is 12.1 Å². The van der Waals surface area contributed by atoms with Gasteiger partial charge in [-0.25, -0.2) is 0 Å². The van der Waals surface area contributed by atoms with Gasteiger partial charge in [0.25, 0.3) is 0 Å². The minimum atomic E-state index is -4.29. The summed E-state index contributed by atoms with van der Waals surface area (Å²) in [6.45, 7) is 3.69. The largest absolute Gasteiger partial charge is 0.391 e. The molecule has 0 aliphatic heterocycles. The van der Waals surface area contributed by atoms with Crippen molar-refractivity contribution in [2.24, 2.45) is 5.92 Å². The standard InChI is InChI=1S/C13H18ClF3N2O/c1-8(2)19-11(10(14)7-18-19)12(20)5-3-4-9(6-12)13(15,16)17/h7-9,20H,3-6H2,1-2H3. The molecular formula is C13H18ClF3N2O. The van der Waals surface area contributed by atoms with Gasteiger partial charge in [-0.15, -0.1) is 0 Å². The fourth-order valence-electron chi connectivity index (χ4n) is 2.92. The molecule has 2 atom stereocenters. The van der Waals surface area contributed by atoms with E-state index in [4.69, 9.17) is 11.6 Å². The fourth-order valence-corrected chi connectivity index (χ4v) is 3.22. The molecule has 20 heavy (non-hydrogen) atoms. The summed E-state index contributed by atoms with van der Waals surface area (Å²) in [4.78, 5) is 0. The van der Waals surface area contributed by atoms with Crippen molar-refractivity contribution in [3.8, 4) is 0 Å². The van der Waals surface area contributed by atoms with Crippen LogP contribution < -0.4 is 0 Å². The van der Waals surface area contributed by atoms with Gasteiger partial charge in [-0.05, 0) is 39.5 Å². The molecule has 0 radical (unpaired) electrons. The molecule has 1 saturated carbocycles. The number of nitrogens with zero attached hydrogens (tertiary/aromatic N) is 2. The van der Waals surface area contributed by atoms with Crippen molar-refractivity contribution in [3.05, 3.63) is 16.9 Å². The third-order valence-corrected chi connectivity index (χ3v) is 4.15. The lowest BCUT2D eigenvalue weighted by molar-refractivity contribution is -0.202. The Morgan fingerprint density at radius 3 is 2.70 bits per heavy atom. The highest BCUT2D eigenvalue weighted by molar-refractivity contribution is 6.31. The third kappa shape index (κ3) is 2.81. The molecule has 0 aromatic carbocycles. The molecule has 2 rings (SSSR count). The van der Waals surface area contributed by atoms with Crippen molar-refractivity contribution < 1.29 is 18.3 Å². The van der Waals surface area contributed by atoms with Gasteiger partial charge in [0, 0.05) is 6.04 Å². The molecule has 1 fully saturated rings. The Bertz CT molecular complexity index is 486. The predicted molar refractivity (Wildman–Crippen MR) is 69.5 cm³/mol. The summed E-state index contributed by atoms with van der Waals surface area (Å²) in [6.07, 6.45) is -2.61.